The van der Waals surface area contributed by atoms with Gasteiger partial charge in [0.1, 0.15) is 12.4 Å². The molecule has 3 nitrogen and oxygen atoms in total. The van der Waals surface area contributed by atoms with Gasteiger partial charge in [0.25, 0.3) is 0 Å². The van der Waals surface area contributed by atoms with Gasteiger partial charge in [-0.25, -0.2) is 0 Å². The van der Waals surface area contributed by atoms with Gasteiger partial charge in [-0.05, 0) is 32.0 Å². The Balaban J connectivity index is 2.82. The highest BCUT2D eigenvalue weighted by Crippen LogP contribution is 2.23. The normalized spacial score (nSPS) is 10.6. The average molecular weight is 287 g/mol. The number of ketones is 1. The Hall–Kier alpha value is -0.870. The summed E-state index contributed by atoms with van der Waals surface area (Å²) in [4.78, 5) is 11.8. The molecule has 0 saturated carbocycles. The summed E-state index contributed by atoms with van der Waals surface area (Å²) in [6.07, 6.45) is 0.0467. The molecule has 0 aliphatic carbocycles. The van der Waals surface area contributed by atoms with E-state index in [0.717, 1.165) is 4.47 Å². The molecule has 0 aromatic heterocycles. The Kier molecular flexibility index (Phi) is 4.96. The number of carbonyl (C=O) groups excluding carboxylic acids is 1. The van der Waals surface area contributed by atoms with Gasteiger partial charge in [-0.2, -0.15) is 0 Å². The summed E-state index contributed by atoms with van der Waals surface area (Å²) >= 11 is 3.33. The molecule has 0 N–H and O–H groups in total. The van der Waals surface area contributed by atoms with E-state index in [9.17, 15) is 4.79 Å². The van der Waals surface area contributed by atoms with Crippen molar-refractivity contribution in [1.82, 2.24) is 0 Å². The van der Waals surface area contributed by atoms with Gasteiger partial charge >= 0.3 is 0 Å². The molecule has 0 spiro atoms. The van der Waals surface area contributed by atoms with Crippen LogP contribution in [0.15, 0.2) is 22.7 Å². The topological polar surface area (TPSA) is 35.5 Å². The third kappa shape index (κ3) is 3.61. The zero-order valence-corrected chi connectivity index (χ0v) is 11.2. The summed E-state index contributed by atoms with van der Waals surface area (Å²) in [5.41, 5.74) is 0.548. The maximum Gasteiger partial charge on any atom is 0.192 e. The second-order valence-corrected chi connectivity index (χ2v) is 4.54. The molecule has 0 saturated heterocycles. The fourth-order valence-electron chi connectivity index (χ4n) is 1.22. The first-order valence-corrected chi connectivity index (χ1v) is 5.82. The maximum absolute atomic E-state index is 11.8. The van der Waals surface area contributed by atoms with Crippen molar-refractivity contribution < 1.29 is 14.3 Å². The van der Waals surface area contributed by atoms with Gasteiger partial charge in [-0.1, -0.05) is 15.9 Å². The lowest BCUT2D eigenvalue weighted by Gasteiger charge is -2.10. The Morgan fingerprint density at radius 2 is 2.12 bits per heavy atom. The van der Waals surface area contributed by atoms with Crippen molar-refractivity contribution in [3.05, 3.63) is 28.2 Å². The van der Waals surface area contributed by atoms with Gasteiger partial charge < -0.3 is 9.47 Å². The molecule has 16 heavy (non-hydrogen) atoms. The van der Waals surface area contributed by atoms with Crippen LogP contribution in [-0.4, -0.2) is 25.6 Å². The van der Waals surface area contributed by atoms with Crippen LogP contribution in [0.3, 0.4) is 0 Å². The molecular formula is C12H15BrO3. The van der Waals surface area contributed by atoms with Crippen molar-refractivity contribution >= 4 is 21.7 Å². The zero-order chi connectivity index (χ0) is 12.1. The molecule has 0 aliphatic rings. The molecule has 0 fully saturated rings. The molecule has 0 heterocycles. The van der Waals surface area contributed by atoms with Crippen molar-refractivity contribution in [1.29, 1.82) is 0 Å². The number of benzene rings is 1. The second-order valence-electron chi connectivity index (χ2n) is 3.63. The van der Waals surface area contributed by atoms with Crippen LogP contribution in [0.5, 0.6) is 5.75 Å². The lowest BCUT2D eigenvalue weighted by molar-refractivity contribution is 0.0582. The summed E-state index contributed by atoms with van der Waals surface area (Å²) in [5, 5.41) is 0. The van der Waals surface area contributed by atoms with Crippen LogP contribution < -0.4 is 4.74 Å². The Morgan fingerprint density at radius 3 is 2.69 bits per heavy atom. The average Bonchev–Trinajstić information content (AvgIpc) is 2.25. The summed E-state index contributed by atoms with van der Waals surface area (Å²) in [5.74, 6) is 0.491. The minimum absolute atomic E-state index is 0.0467. The number of hydrogen-bond acceptors (Lipinski definition) is 3. The lowest BCUT2D eigenvalue weighted by atomic mass is 10.1. The quantitative estimate of drug-likeness (QED) is 0.781. The van der Waals surface area contributed by atoms with Crippen molar-refractivity contribution in [3.63, 3.8) is 0 Å². The SMILES string of the molecule is COc1cc(Br)ccc1C(=O)COC(C)C. The zero-order valence-electron chi connectivity index (χ0n) is 9.62. The van der Waals surface area contributed by atoms with Crippen molar-refractivity contribution in [2.75, 3.05) is 13.7 Å². The monoisotopic (exact) mass is 286 g/mol. The van der Waals surface area contributed by atoms with Crippen LogP contribution in [0.1, 0.15) is 24.2 Å². The van der Waals surface area contributed by atoms with E-state index >= 15 is 0 Å². The smallest absolute Gasteiger partial charge is 0.192 e. The highest BCUT2D eigenvalue weighted by atomic mass is 79.9. The highest BCUT2D eigenvalue weighted by Gasteiger charge is 2.13. The minimum atomic E-state index is -0.0713. The molecular weight excluding hydrogens is 272 g/mol. The minimum Gasteiger partial charge on any atom is -0.496 e. The molecule has 1 aromatic carbocycles. The standard InChI is InChI=1S/C12H15BrO3/c1-8(2)16-7-11(14)10-5-4-9(13)6-12(10)15-3/h4-6,8H,7H2,1-3H3. The van der Waals surface area contributed by atoms with Gasteiger partial charge in [0.15, 0.2) is 5.78 Å². The second kappa shape index (κ2) is 6.01. The number of methoxy groups -OCH3 is 1. The van der Waals surface area contributed by atoms with Gasteiger partial charge in [-0.3, -0.25) is 4.79 Å². The van der Waals surface area contributed by atoms with Gasteiger partial charge in [0.2, 0.25) is 0 Å². The summed E-state index contributed by atoms with van der Waals surface area (Å²) < 4.78 is 11.3. The van der Waals surface area contributed by atoms with E-state index in [1.165, 1.54) is 0 Å². The van der Waals surface area contributed by atoms with Crippen LogP contribution in [0.4, 0.5) is 0 Å². The maximum atomic E-state index is 11.8. The van der Waals surface area contributed by atoms with Gasteiger partial charge in [0, 0.05) is 4.47 Å². The molecule has 0 bridgehead atoms. The highest BCUT2D eigenvalue weighted by molar-refractivity contribution is 9.10. The van der Waals surface area contributed by atoms with E-state index in [0.29, 0.717) is 11.3 Å². The summed E-state index contributed by atoms with van der Waals surface area (Å²) in [6, 6.07) is 5.31. The van der Waals surface area contributed by atoms with Crippen LogP contribution in [0, 0.1) is 0 Å². The van der Waals surface area contributed by atoms with Crippen LogP contribution in [-0.2, 0) is 4.74 Å². The van der Waals surface area contributed by atoms with E-state index in [2.05, 4.69) is 15.9 Å². The molecule has 0 unspecified atom stereocenters. The van der Waals surface area contributed by atoms with Crippen LogP contribution >= 0.6 is 15.9 Å². The first-order chi connectivity index (χ1) is 7.54. The van der Waals surface area contributed by atoms with E-state index in [1.54, 1.807) is 19.2 Å². The number of carbonyl (C=O) groups is 1. The molecule has 1 rings (SSSR count). The van der Waals surface area contributed by atoms with Crippen molar-refractivity contribution in [2.45, 2.75) is 20.0 Å². The lowest BCUT2D eigenvalue weighted by Crippen LogP contribution is -2.14. The Morgan fingerprint density at radius 1 is 1.44 bits per heavy atom. The molecule has 4 heteroatoms. The Bertz CT molecular complexity index is 375. The van der Waals surface area contributed by atoms with E-state index in [1.807, 2.05) is 19.9 Å². The molecule has 0 radical (unpaired) electrons. The number of ether oxygens (including phenoxy) is 2. The number of Topliss-reactive ketones (excluding diaryl/α,β-unsaturated/α-hetero) is 1. The first-order valence-electron chi connectivity index (χ1n) is 5.03. The fourth-order valence-corrected chi connectivity index (χ4v) is 1.56. The molecule has 88 valence electrons. The number of hydrogen-bond donors (Lipinski definition) is 0. The molecule has 0 aliphatic heterocycles. The van der Waals surface area contributed by atoms with E-state index in [4.69, 9.17) is 9.47 Å². The molecule has 0 amide bonds. The van der Waals surface area contributed by atoms with Crippen LogP contribution in [0.25, 0.3) is 0 Å². The predicted molar refractivity (Wildman–Crippen MR) is 66.1 cm³/mol. The van der Waals surface area contributed by atoms with Crippen molar-refractivity contribution in [3.8, 4) is 5.75 Å². The van der Waals surface area contributed by atoms with Gasteiger partial charge in [-0.15, -0.1) is 0 Å². The van der Waals surface area contributed by atoms with Crippen molar-refractivity contribution in [2.24, 2.45) is 0 Å². The Labute approximate surface area is 104 Å². The third-order valence-electron chi connectivity index (χ3n) is 2.01. The predicted octanol–water partition coefficient (Wildman–Crippen LogP) is 3.07. The first kappa shape index (κ1) is 13.2. The third-order valence-corrected chi connectivity index (χ3v) is 2.50. The molecule has 1 aromatic rings. The van der Waals surface area contributed by atoms with E-state index in [-0.39, 0.29) is 18.5 Å². The number of rotatable bonds is 5. The van der Waals surface area contributed by atoms with E-state index < -0.39 is 0 Å². The largest absolute Gasteiger partial charge is 0.496 e. The summed E-state index contributed by atoms with van der Waals surface area (Å²) in [7, 11) is 1.54. The summed E-state index contributed by atoms with van der Waals surface area (Å²) in [6.45, 7) is 3.87. The molecule has 0 atom stereocenters. The van der Waals surface area contributed by atoms with Gasteiger partial charge in [0.05, 0.1) is 18.8 Å². The fraction of sp³-hybridized carbons (Fsp3) is 0.417. The number of halogens is 1. The van der Waals surface area contributed by atoms with Crippen LogP contribution in [0.2, 0.25) is 0 Å².